The molecule has 1 unspecified atom stereocenters. The van der Waals surface area contributed by atoms with E-state index in [9.17, 15) is 9.59 Å². The topological polar surface area (TPSA) is 78.3 Å². The Balaban J connectivity index is 1.78. The van der Waals surface area contributed by atoms with E-state index in [1.54, 1.807) is 4.90 Å². The molecule has 1 aromatic heterocycles. The van der Waals surface area contributed by atoms with Gasteiger partial charge < -0.3 is 14.5 Å². The van der Waals surface area contributed by atoms with Gasteiger partial charge in [-0.2, -0.15) is 0 Å². The fourth-order valence-electron chi connectivity index (χ4n) is 6.64. The van der Waals surface area contributed by atoms with E-state index in [0.717, 1.165) is 50.0 Å². The van der Waals surface area contributed by atoms with Gasteiger partial charge in [0.05, 0.1) is 24.3 Å². The molecule has 0 N–H and O–H groups in total. The van der Waals surface area contributed by atoms with Crippen LogP contribution in [0.5, 0.6) is 5.75 Å². The molecule has 51 heavy (non-hydrogen) atoms. The van der Waals surface area contributed by atoms with E-state index in [1.165, 1.54) is 0 Å². The van der Waals surface area contributed by atoms with Gasteiger partial charge in [-0.1, -0.05) is 75.2 Å². The molecule has 4 rings (SSSR count). The number of halogens is 2. The molecule has 2 aliphatic rings. The Labute approximate surface area is 315 Å². The molecule has 1 atom stereocenters. The number of aliphatic imine (C=N–C) groups is 1. The number of allylic oxidation sites excluding steroid dienone is 3. The molecular formula is C41H57Cl2N5O3. The highest BCUT2D eigenvalue weighted by molar-refractivity contribution is 6.31. The number of benzene rings is 1. The molecule has 278 valence electrons. The molecule has 2 heterocycles. The van der Waals surface area contributed by atoms with Crippen molar-refractivity contribution in [1.82, 2.24) is 19.7 Å². The largest absolute Gasteiger partial charge is 0.493 e. The monoisotopic (exact) mass is 737 g/mol. The molecule has 1 aliphatic carbocycles. The first kappa shape index (κ1) is 40.4. The molecule has 0 radical (unpaired) electrons. The van der Waals surface area contributed by atoms with Gasteiger partial charge in [0.1, 0.15) is 11.6 Å². The van der Waals surface area contributed by atoms with E-state index in [-0.39, 0.29) is 35.7 Å². The third kappa shape index (κ3) is 10.8. The maximum absolute atomic E-state index is 14.9. The van der Waals surface area contributed by atoms with Gasteiger partial charge >= 0.3 is 6.03 Å². The SMILES string of the molecule is CCCN(CC)C(=O)CC1CCN(C(=O)N(Cc2ccc(Cl)cc2)/C(=N\C(C)(C)C2C=CC(Cl)=CC2)c2cnc(C(C)(C)C)cc2OCC)CC1. The Kier molecular flexibility index (Phi) is 14.2. The third-order valence-electron chi connectivity index (χ3n) is 9.85. The van der Waals surface area contributed by atoms with E-state index in [1.807, 2.05) is 72.3 Å². The first-order valence-corrected chi connectivity index (χ1v) is 19.3. The molecule has 10 heteroatoms. The number of carbonyl (C=O) groups excluding carboxylic acids is 2. The van der Waals surface area contributed by atoms with Crippen LogP contribution in [0.2, 0.25) is 5.02 Å². The van der Waals surface area contributed by atoms with Crippen LogP contribution in [-0.2, 0) is 16.8 Å². The molecule has 1 saturated heterocycles. The number of hydrogen-bond donors (Lipinski definition) is 0. The van der Waals surface area contributed by atoms with Crippen LogP contribution >= 0.6 is 23.2 Å². The maximum atomic E-state index is 14.9. The van der Waals surface area contributed by atoms with Crippen LogP contribution in [0.4, 0.5) is 4.79 Å². The molecule has 0 saturated carbocycles. The van der Waals surface area contributed by atoms with E-state index in [0.29, 0.717) is 53.3 Å². The molecule has 2 aromatic rings. The fourth-order valence-corrected chi connectivity index (χ4v) is 6.93. The van der Waals surface area contributed by atoms with E-state index < -0.39 is 5.54 Å². The maximum Gasteiger partial charge on any atom is 0.325 e. The lowest BCUT2D eigenvalue weighted by Crippen LogP contribution is -2.50. The molecule has 1 aliphatic heterocycles. The van der Waals surface area contributed by atoms with Crippen LogP contribution in [0.1, 0.15) is 104 Å². The number of likely N-dealkylation sites (tertiary alicyclic amines) is 1. The predicted octanol–water partition coefficient (Wildman–Crippen LogP) is 9.64. The average Bonchev–Trinajstić information content (AvgIpc) is 3.09. The summed E-state index contributed by atoms with van der Waals surface area (Å²) >= 11 is 12.6. The Morgan fingerprint density at radius 3 is 2.29 bits per heavy atom. The number of pyridine rings is 1. The Morgan fingerprint density at radius 2 is 1.73 bits per heavy atom. The summed E-state index contributed by atoms with van der Waals surface area (Å²) in [4.78, 5) is 44.0. The average molecular weight is 739 g/mol. The van der Waals surface area contributed by atoms with E-state index in [4.69, 9.17) is 37.9 Å². The van der Waals surface area contributed by atoms with Gasteiger partial charge in [0.2, 0.25) is 5.91 Å². The molecule has 8 nitrogen and oxygen atoms in total. The smallest absolute Gasteiger partial charge is 0.325 e. The minimum Gasteiger partial charge on any atom is -0.493 e. The summed E-state index contributed by atoms with van der Waals surface area (Å²) < 4.78 is 6.30. The summed E-state index contributed by atoms with van der Waals surface area (Å²) in [7, 11) is 0. The Morgan fingerprint density at radius 1 is 1.04 bits per heavy atom. The van der Waals surface area contributed by atoms with Crippen molar-refractivity contribution in [3.8, 4) is 5.75 Å². The first-order chi connectivity index (χ1) is 24.2. The highest BCUT2D eigenvalue weighted by Gasteiger charge is 2.36. The van der Waals surface area contributed by atoms with Gasteiger partial charge in [-0.05, 0) is 83.1 Å². The summed E-state index contributed by atoms with van der Waals surface area (Å²) in [6.45, 7) is 19.9. The number of ether oxygens (including phenoxy) is 1. The fraction of sp³-hybridized carbons (Fsp3) is 0.561. The number of aromatic nitrogens is 1. The number of amides is 3. The quantitative estimate of drug-likeness (QED) is 0.161. The van der Waals surface area contributed by atoms with Gasteiger partial charge in [0.15, 0.2) is 0 Å². The summed E-state index contributed by atoms with van der Waals surface area (Å²) in [5.74, 6) is 1.62. The number of urea groups is 1. The number of nitrogens with zero attached hydrogens (tertiary/aromatic N) is 5. The van der Waals surface area contributed by atoms with Crippen molar-refractivity contribution in [3.05, 3.63) is 81.6 Å². The highest BCUT2D eigenvalue weighted by atomic mass is 35.5. The normalized spacial score (nSPS) is 17.3. The van der Waals surface area contributed by atoms with Crippen LogP contribution in [0.25, 0.3) is 0 Å². The van der Waals surface area contributed by atoms with Crippen LogP contribution in [-0.4, -0.2) is 75.8 Å². The minimum absolute atomic E-state index is 0.0449. The highest BCUT2D eigenvalue weighted by Crippen LogP contribution is 2.35. The second kappa shape index (κ2) is 17.9. The van der Waals surface area contributed by atoms with Crippen molar-refractivity contribution >= 4 is 41.0 Å². The minimum atomic E-state index is -0.623. The number of carbonyl (C=O) groups is 2. The number of hydrogen-bond acceptors (Lipinski definition) is 5. The van der Waals surface area contributed by atoms with Crippen molar-refractivity contribution in [2.45, 2.75) is 105 Å². The van der Waals surface area contributed by atoms with Gasteiger partial charge in [0, 0.05) is 71.9 Å². The summed E-state index contributed by atoms with van der Waals surface area (Å²) in [5.41, 5.74) is 1.62. The van der Waals surface area contributed by atoms with E-state index in [2.05, 4.69) is 47.6 Å². The van der Waals surface area contributed by atoms with Crippen LogP contribution in [0.3, 0.4) is 0 Å². The summed E-state index contributed by atoms with van der Waals surface area (Å²) in [6.07, 6.45) is 11.6. The zero-order valence-electron chi connectivity index (χ0n) is 31.8. The molecule has 0 spiro atoms. The lowest BCUT2D eigenvalue weighted by molar-refractivity contribution is -0.132. The summed E-state index contributed by atoms with van der Waals surface area (Å²) in [6, 6.07) is 9.41. The van der Waals surface area contributed by atoms with Crippen LogP contribution in [0, 0.1) is 11.8 Å². The van der Waals surface area contributed by atoms with Gasteiger partial charge in [-0.15, -0.1) is 0 Å². The molecule has 1 fully saturated rings. The Bertz CT molecular complexity index is 1590. The zero-order valence-corrected chi connectivity index (χ0v) is 33.4. The van der Waals surface area contributed by atoms with Gasteiger partial charge in [-0.25, -0.2) is 4.79 Å². The number of amidine groups is 1. The molecule has 3 amide bonds. The predicted molar refractivity (Wildman–Crippen MR) is 210 cm³/mol. The number of piperidine rings is 1. The van der Waals surface area contributed by atoms with Crippen molar-refractivity contribution in [2.24, 2.45) is 16.8 Å². The number of rotatable bonds is 12. The van der Waals surface area contributed by atoms with Crippen LogP contribution < -0.4 is 4.74 Å². The molecule has 1 aromatic carbocycles. The van der Waals surface area contributed by atoms with Crippen molar-refractivity contribution in [1.29, 1.82) is 0 Å². The lowest BCUT2D eigenvalue weighted by atomic mass is 9.83. The second-order valence-electron chi connectivity index (χ2n) is 15.2. The van der Waals surface area contributed by atoms with Crippen molar-refractivity contribution in [2.75, 3.05) is 32.8 Å². The second-order valence-corrected chi connectivity index (χ2v) is 16.1. The zero-order chi connectivity index (χ0) is 37.3. The van der Waals surface area contributed by atoms with Crippen molar-refractivity contribution in [3.63, 3.8) is 0 Å². The van der Waals surface area contributed by atoms with Crippen molar-refractivity contribution < 1.29 is 14.3 Å². The molecular weight excluding hydrogens is 681 g/mol. The van der Waals surface area contributed by atoms with Crippen LogP contribution in [0.15, 0.2) is 64.8 Å². The molecule has 0 bridgehead atoms. The van der Waals surface area contributed by atoms with E-state index >= 15 is 0 Å². The Hall–Kier alpha value is -3.36. The lowest BCUT2D eigenvalue weighted by Gasteiger charge is -2.38. The summed E-state index contributed by atoms with van der Waals surface area (Å²) in [5, 5.41) is 1.34. The first-order valence-electron chi connectivity index (χ1n) is 18.5. The van der Waals surface area contributed by atoms with Gasteiger partial charge in [-0.3, -0.25) is 19.7 Å². The standard InChI is InChI=1S/C41H57Cl2N5O3/c1-9-22-46(10-2)37(49)25-29-20-23-47(24-21-29)39(50)48(28-30-12-16-32(42)17-13-30)38(45-41(7,8)31-14-18-33(43)19-15-31)34-27-44-36(40(4,5)6)26-35(34)51-11-3/h12-14,16-19,26-27,29,31H,9-11,15,20-25,28H2,1-8H3/b45-38-. The third-order valence-corrected chi connectivity index (χ3v) is 10.4. The van der Waals surface area contributed by atoms with Gasteiger partial charge in [0.25, 0.3) is 0 Å².